The first-order chi connectivity index (χ1) is 9.47. The minimum atomic E-state index is 0.164. The van der Waals surface area contributed by atoms with Crippen LogP contribution in [0.3, 0.4) is 0 Å². The molecule has 0 aromatic heterocycles. The molecular weight excluding hydrogens is 400 g/mol. The molecule has 0 bridgehead atoms. The molecule has 0 aliphatic heterocycles. The molecule has 2 nitrogen and oxygen atoms in total. The van der Waals surface area contributed by atoms with Crippen LogP contribution in [0.1, 0.15) is 24.1 Å². The van der Waals surface area contributed by atoms with Gasteiger partial charge in [0, 0.05) is 26.2 Å². The van der Waals surface area contributed by atoms with Crippen LogP contribution in [-0.2, 0) is 0 Å². The van der Waals surface area contributed by atoms with Gasteiger partial charge in [0.2, 0.25) is 0 Å². The highest BCUT2D eigenvalue weighted by Gasteiger charge is 2.10. The van der Waals surface area contributed by atoms with E-state index in [4.69, 9.17) is 18.0 Å². The average molecular weight is 414 g/mol. The molecule has 0 fully saturated rings. The topological polar surface area (TPSA) is 38.0 Å². The maximum atomic E-state index is 5.78. The van der Waals surface area contributed by atoms with E-state index in [0.29, 0.717) is 4.99 Å². The number of benzene rings is 2. The second kappa shape index (κ2) is 6.70. The number of nitrogens with one attached hydrogen (secondary N) is 1. The zero-order valence-electron chi connectivity index (χ0n) is 10.9. The largest absolute Gasteiger partial charge is 0.389 e. The molecule has 1 atom stereocenters. The van der Waals surface area contributed by atoms with E-state index in [-0.39, 0.29) is 6.04 Å². The van der Waals surface area contributed by atoms with Crippen molar-refractivity contribution in [3.05, 3.63) is 62.5 Å². The summed E-state index contributed by atoms with van der Waals surface area (Å²) < 4.78 is 2.03. The van der Waals surface area contributed by atoms with Gasteiger partial charge in [-0.15, -0.1) is 0 Å². The molecule has 0 amide bonds. The molecule has 0 saturated carbocycles. The Morgan fingerprint density at radius 3 is 2.30 bits per heavy atom. The van der Waals surface area contributed by atoms with Crippen LogP contribution in [-0.4, -0.2) is 4.99 Å². The molecule has 5 heteroatoms. The molecular formula is C15H14Br2N2S. The van der Waals surface area contributed by atoms with Crippen LogP contribution in [0.5, 0.6) is 0 Å². The number of anilines is 1. The molecule has 0 aliphatic rings. The highest BCUT2D eigenvalue weighted by atomic mass is 79.9. The molecule has 0 aliphatic carbocycles. The van der Waals surface area contributed by atoms with Crippen molar-refractivity contribution in [1.82, 2.24) is 0 Å². The van der Waals surface area contributed by atoms with Gasteiger partial charge in [-0.25, -0.2) is 0 Å². The van der Waals surface area contributed by atoms with Gasteiger partial charge < -0.3 is 11.1 Å². The summed E-state index contributed by atoms with van der Waals surface area (Å²) >= 11 is 12.0. The Hall–Kier alpha value is -0.910. The number of thiocarbonyl (C=S) groups is 1. The lowest BCUT2D eigenvalue weighted by molar-refractivity contribution is 0.884. The van der Waals surface area contributed by atoms with Crippen molar-refractivity contribution < 1.29 is 0 Å². The van der Waals surface area contributed by atoms with Crippen molar-refractivity contribution in [3.63, 3.8) is 0 Å². The maximum absolute atomic E-state index is 5.78. The van der Waals surface area contributed by atoms with Crippen LogP contribution in [0.4, 0.5) is 5.69 Å². The van der Waals surface area contributed by atoms with E-state index >= 15 is 0 Å². The Kier molecular flexibility index (Phi) is 5.18. The highest BCUT2D eigenvalue weighted by Crippen LogP contribution is 2.26. The minimum Gasteiger partial charge on any atom is -0.389 e. The van der Waals surface area contributed by atoms with Gasteiger partial charge in [0.25, 0.3) is 0 Å². The zero-order valence-corrected chi connectivity index (χ0v) is 14.8. The average Bonchev–Trinajstić information content (AvgIpc) is 2.41. The molecule has 104 valence electrons. The second-order valence-corrected chi connectivity index (χ2v) is 6.74. The van der Waals surface area contributed by atoms with E-state index in [1.807, 2.05) is 30.3 Å². The van der Waals surface area contributed by atoms with Crippen molar-refractivity contribution in [2.45, 2.75) is 13.0 Å². The predicted octanol–water partition coefficient (Wildman–Crippen LogP) is 5.02. The lowest BCUT2D eigenvalue weighted by Crippen LogP contribution is -2.15. The molecule has 0 radical (unpaired) electrons. The summed E-state index contributed by atoms with van der Waals surface area (Å²) in [6.07, 6.45) is 0. The first kappa shape index (κ1) is 15.5. The van der Waals surface area contributed by atoms with E-state index in [1.165, 1.54) is 5.56 Å². The van der Waals surface area contributed by atoms with Crippen LogP contribution in [0.2, 0.25) is 0 Å². The van der Waals surface area contributed by atoms with Gasteiger partial charge in [-0.1, -0.05) is 56.2 Å². The third-order valence-electron chi connectivity index (χ3n) is 2.99. The van der Waals surface area contributed by atoms with Crippen molar-refractivity contribution in [2.75, 3.05) is 5.32 Å². The summed E-state index contributed by atoms with van der Waals surface area (Å²) in [6, 6.07) is 14.3. The Morgan fingerprint density at radius 2 is 1.70 bits per heavy atom. The first-order valence-corrected chi connectivity index (χ1v) is 8.08. The molecule has 2 rings (SSSR count). The fourth-order valence-electron chi connectivity index (χ4n) is 1.91. The van der Waals surface area contributed by atoms with Gasteiger partial charge in [-0.2, -0.15) is 0 Å². The van der Waals surface area contributed by atoms with Gasteiger partial charge in [0.1, 0.15) is 4.99 Å². The Labute approximate surface area is 141 Å². The van der Waals surface area contributed by atoms with E-state index in [2.05, 4.69) is 56.2 Å². The van der Waals surface area contributed by atoms with Crippen LogP contribution >= 0.6 is 44.1 Å². The van der Waals surface area contributed by atoms with Gasteiger partial charge >= 0.3 is 0 Å². The fourth-order valence-corrected chi connectivity index (χ4v) is 2.71. The first-order valence-electron chi connectivity index (χ1n) is 6.08. The summed E-state index contributed by atoms with van der Waals surface area (Å²) in [6.45, 7) is 2.11. The SMILES string of the molecule is CC(Nc1ccc(Br)cc1C(N)=S)c1ccc(Br)cc1. The van der Waals surface area contributed by atoms with Crippen LogP contribution in [0.25, 0.3) is 0 Å². The smallest absolute Gasteiger partial charge is 0.106 e. The van der Waals surface area contributed by atoms with Crippen molar-refractivity contribution in [3.8, 4) is 0 Å². The summed E-state index contributed by atoms with van der Waals surface area (Å²) in [5.41, 5.74) is 8.77. The third-order valence-corrected chi connectivity index (χ3v) is 4.23. The number of nitrogens with two attached hydrogens (primary N) is 1. The number of hydrogen-bond donors (Lipinski definition) is 2. The summed E-state index contributed by atoms with van der Waals surface area (Å²) in [4.78, 5) is 0.386. The fraction of sp³-hybridized carbons (Fsp3) is 0.133. The van der Waals surface area contributed by atoms with Gasteiger partial charge in [0.15, 0.2) is 0 Å². The van der Waals surface area contributed by atoms with Gasteiger partial charge in [0.05, 0.1) is 0 Å². The van der Waals surface area contributed by atoms with Crippen LogP contribution in [0.15, 0.2) is 51.4 Å². The zero-order chi connectivity index (χ0) is 14.7. The molecule has 20 heavy (non-hydrogen) atoms. The van der Waals surface area contributed by atoms with E-state index in [9.17, 15) is 0 Å². The maximum Gasteiger partial charge on any atom is 0.106 e. The number of rotatable bonds is 4. The lowest BCUT2D eigenvalue weighted by atomic mass is 10.1. The lowest BCUT2D eigenvalue weighted by Gasteiger charge is -2.18. The van der Waals surface area contributed by atoms with Crippen molar-refractivity contribution in [1.29, 1.82) is 0 Å². The van der Waals surface area contributed by atoms with Crippen molar-refractivity contribution >= 4 is 54.8 Å². The molecule has 0 saturated heterocycles. The Morgan fingerprint density at radius 1 is 1.10 bits per heavy atom. The number of hydrogen-bond acceptors (Lipinski definition) is 2. The Bertz CT molecular complexity index is 626. The molecule has 2 aromatic carbocycles. The van der Waals surface area contributed by atoms with E-state index in [1.54, 1.807) is 0 Å². The standard InChI is InChI=1S/C15H14Br2N2S/c1-9(10-2-4-11(16)5-3-10)19-14-7-6-12(17)8-13(14)15(18)20/h2-9,19H,1H3,(H2,18,20). The van der Waals surface area contributed by atoms with Crippen LogP contribution in [0, 0.1) is 0 Å². The number of halogens is 2. The molecule has 0 spiro atoms. The molecule has 0 heterocycles. The minimum absolute atomic E-state index is 0.164. The quantitative estimate of drug-likeness (QED) is 0.691. The van der Waals surface area contributed by atoms with Crippen LogP contribution < -0.4 is 11.1 Å². The normalized spacial score (nSPS) is 11.9. The molecule has 1 unspecified atom stereocenters. The monoisotopic (exact) mass is 412 g/mol. The highest BCUT2D eigenvalue weighted by molar-refractivity contribution is 9.10. The summed E-state index contributed by atoms with van der Waals surface area (Å²) in [7, 11) is 0. The third kappa shape index (κ3) is 3.81. The Balaban J connectivity index is 2.25. The van der Waals surface area contributed by atoms with Crippen molar-refractivity contribution in [2.24, 2.45) is 5.73 Å². The van der Waals surface area contributed by atoms with Gasteiger partial charge in [-0.3, -0.25) is 0 Å². The molecule has 3 N–H and O–H groups in total. The second-order valence-electron chi connectivity index (χ2n) is 4.47. The predicted molar refractivity (Wildman–Crippen MR) is 96.2 cm³/mol. The summed E-state index contributed by atoms with van der Waals surface area (Å²) in [5, 5.41) is 3.45. The van der Waals surface area contributed by atoms with Gasteiger partial charge in [-0.05, 0) is 42.8 Å². The van der Waals surface area contributed by atoms with E-state index < -0.39 is 0 Å². The summed E-state index contributed by atoms with van der Waals surface area (Å²) in [5.74, 6) is 0. The van der Waals surface area contributed by atoms with E-state index in [0.717, 1.165) is 20.2 Å². The molecule has 2 aromatic rings.